The summed E-state index contributed by atoms with van der Waals surface area (Å²) in [6.45, 7) is 0.476. The molecule has 2 N–H and O–H groups in total. The fourth-order valence-corrected chi connectivity index (χ4v) is 5.29. The topological polar surface area (TPSA) is 82.8 Å². The van der Waals surface area contributed by atoms with Crippen LogP contribution in [-0.4, -0.2) is 51.1 Å². The highest BCUT2D eigenvalue weighted by molar-refractivity contribution is 7.98. The number of imidazole rings is 1. The van der Waals surface area contributed by atoms with E-state index < -0.39 is 6.17 Å². The monoisotopic (exact) mass is 497 g/mol. The molecule has 3 heterocycles. The van der Waals surface area contributed by atoms with Gasteiger partial charge in [0, 0.05) is 30.2 Å². The Morgan fingerprint density at radius 3 is 2.97 bits per heavy atom. The Morgan fingerprint density at radius 1 is 1.31 bits per heavy atom. The molecule has 2 aliphatic rings. The van der Waals surface area contributed by atoms with E-state index in [1.165, 1.54) is 34.6 Å². The minimum Gasteiger partial charge on any atom is -0.512 e. The highest BCUT2D eigenvalue weighted by atomic mass is 32.2. The van der Waals surface area contributed by atoms with Gasteiger partial charge in [0.05, 0.1) is 24.5 Å². The van der Waals surface area contributed by atoms with Crippen LogP contribution in [-0.2, 0) is 0 Å². The van der Waals surface area contributed by atoms with Gasteiger partial charge in [0.1, 0.15) is 17.8 Å². The molecule has 1 aromatic carbocycles. The molecule has 182 valence electrons. The van der Waals surface area contributed by atoms with Gasteiger partial charge in [-0.15, -0.1) is 16.9 Å². The summed E-state index contributed by atoms with van der Waals surface area (Å²) in [4.78, 5) is 19.9. The molecule has 1 aliphatic carbocycles. The summed E-state index contributed by atoms with van der Waals surface area (Å²) in [5.41, 5.74) is 1.46. The number of hydrogen-bond acceptors (Lipinski definition) is 6. The van der Waals surface area contributed by atoms with Crippen LogP contribution in [0.25, 0.3) is 5.65 Å². The van der Waals surface area contributed by atoms with Crippen LogP contribution >= 0.6 is 11.8 Å². The van der Waals surface area contributed by atoms with Crippen molar-refractivity contribution in [3.63, 3.8) is 0 Å². The number of amides is 1. The molecule has 0 spiro atoms. The lowest BCUT2D eigenvalue weighted by Crippen LogP contribution is -2.31. The molecule has 3 atom stereocenters. The number of aliphatic hydroxyl groups is 1. The van der Waals surface area contributed by atoms with Gasteiger partial charge in [-0.3, -0.25) is 4.79 Å². The van der Waals surface area contributed by atoms with Crippen molar-refractivity contribution in [3.8, 4) is 0 Å². The SMILES string of the molecule is CSc1ccc(F)cc1[C@H]1C[C@H](F)CN1c1ccc2ncc(C(=O)NCC3C=CC=C(O)C3)n2n1. The van der Waals surface area contributed by atoms with E-state index >= 15 is 0 Å². The fourth-order valence-electron chi connectivity index (χ4n) is 4.65. The summed E-state index contributed by atoms with van der Waals surface area (Å²) >= 11 is 1.49. The van der Waals surface area contributed by atoms with Gasteiger partial charge in [0.15, 0.2) is 11.3 Å². The number of rotatable bonds is 6. The van der Waals surface area contributed by atoms with Crippen molar-refractivity contribution in [3.05, 3.63) is 77.6 Å². The summed E-state index contributed by atoms with van der Waals surface area (Å²) in [5, 5.41) is 17.2. The third-order valence-electron chi connectivity index (χ3n) is 6.34. The molecule has 1 aliphatic heterocycles. The smallest absolute Gasteiger partial charge is 0.271 e. The van der Waals surface area contributed by atoms with Crippen molar-refractivity contribution in [2.24, 2.45) is 5.92 Å². The summed E-state index contributed by atoms with van der Waals surface area (Å²) in [6, 6.07) is 7.68. The van der Waals surface area contributed by atoms with E-state index in [1.54, 1.807) is 30.4 Å². The molecule has 35 heavy (non-hydrogen) atoms. The molecule has 0 saturated carbocycles. The number of halogens is 2. The minimum atomic E-state index is -1.09. The molecule has 1 amide bonds. The number of aromatic nitrogens is 3. The van der Waals surface area contributed by atoms with Gasteiger partial charge in [0.2, 0.25) is 0 Å². The van der Waals surface area contributed by atoms with E-state index in [-0.39, 0.29) is 48.1 Å². The largest absolute Gasteiger partial charge is 0.512 e. The highest BCUT2D eigenvalue weighted by Gasteiger charge is 2.36. The summed E-state index contributed by atoms with van der Waals surface area (Å²) in [7, 11) is 0. The zero-order valence-electron chi connectivity index (χ0n) is 19.1. The first-order valence-electron chi connectivity index (χ1n) is 11.4. The molecule has 0 radical (unpaired) electrons. The van der Waals surface area contributed by atoms with Gasteiger partial charge in [-0.25, -0.2) is 18.3 Å². The van der Waals surface area contributed by atoms with Gasteiger partial charge < -0.3 is 15.3 Å². The first-order chi connectivity index (χ1) is 16.9. The molecular formula is C25H25F2N5O2S. The second kappa shape index (κ2) is 9.69. The van der Waals surface area contributed by atoms with Crippen molar-refractivity contribution < 1.29 is 18.7 Å². The highest BCUT2D eigenvalue weighted by Crippen LogP contribution is 2.40. The third kappa shape index (κ3) is 4.75. The van der Waals surface area contributed by atoms with E-state index in [2.05, 4.69) is 15.4 Å². The van der Waals surface area contributed by atoms with E-state index in [0.717, 1.165) is 10.5 Å². The van der Waals surface area contributed by atoms with Gasteiger partial charge in [-0.1, -0.05) is 12.2 Å². The Morgan fingerprint density at radius 2 is 2.17 bits per heavy atom. The first-order valence-corrected chi connectivity index (χ1v) is 12.6. The predicted octanol–water partition coefficient (Wildman–Crippen LogP) is 4.63. The summed E-state index contributed by atoms with van der Waals surface area (Å²) in [5.74, 6) is 0.0446. The average Bonchev–Trinajstić information content (AvgIpc) is 3.45. The van der Waals surface area contributed by atoms with Crippen LogP contribution in [0.1, 0.15) is 34.9 Å². The first kappa shape index (κ1) is 23.3. The fraction of sp³-hybridized carbons (Fsp3) is 0.320. The van der Waals surface area contributed by atoms with Crippen LogP contribution in [0.3, 0.4) is 0 Å². The maximum Gasteiger partial charge on any atom is 0.271 e. The molecule has 1 fully saturated rings. The van der Waals surface area contributed by atoms with Crippen LogP contribution in [0.15, 0.2) is 65.4 Å². The number of benzene rings is 1. The number of anilines is 1. The molecule has 5 rings (SSSR count). The molecule has 1 unspecified atom stereocenters. The molecule has 2 aromatic heterocycles. The number of allylic oxidation sites excluding steroid dienone is 3. The molecular weight excluding hydrogens is 472 g/mol. The number of nitrogens with zero attached hydrogens (tertiary/aromatic N) is 4. The van der Waals surface area contributed by atoms with Crippen molar-refractivity contribution >= 4 is 29.1 Å². The summed E-state index contributed by atoms with van der Waals surface area (Å²) in [6.07, 6.45) is 8.29. The lowest BCUT2D eigenvalue weighted by molar-refractivity contribution is 0.0941. The van der Waals surface area contributed by atoms with Crippen LogP contribution in [0.4, 0.5) is 14.6 Å². The lowest BCUT2D eigenvalue weighted by atomic mass is 9.99. The normalized spacial score (nSPS) is 22.0. The maximum absolute atomic E-state index is 14.6. The number of fused-ring (bicyclic) bond motifs is 1. The average molecular weight is 498 g/mol. The number of thioether (sulfide) groups is 1. The molecule has 1 saturated heterocycles. The molecule has 3 aromatic rings. The quantitative estimate of drug-likeness (QED) is 0.484. The van der Waals surface area contributed by atoms with Crippen molar-refractivity contribution in [1.29, 1.82) is 0 Å². The van der Waals surface area contributed by atoms with E-state index in [1.807, 2.05) is 17.2 Å². The maximum atomic E-state index is 14.6. The number of carbonyl (C=O) groups excluding carboxylic acids is 1. The number of aliphatic hydroxyl groups excluding tert-OH is 1. The predicted molar refractivity (Wildman–Crippen MR) is 131 cm³/mol. The van der Waals surface area contributed by atoms with E-state index in [4.69, 9.17) is 0 Å². The number of hydrogen-bond donors (Lipinski definition) is 2. The van der Waals surface area contributed by atoms with Gasteiger partial charge in [-0.05, 0) is 48.2 Å². The standard InChI is InChI=1S/C25H25F2N5O2S/c1-35-22-6-5-16(26)10-19(22)20-11-17(27)14-31(20)24-8-7-23-28-13-21(32(23)30-24)25(34)29-12-15-3-2-4-18(33)9-15/h2-8,10,13,15,17,20,33H,9,11-12,14H2,1H3,(H,29,34)/t15?,17-,20+/m0/s1. The Hall–Kier alpha value is -3.40. The second-order valence-corrected chi connectivity index (χ2v) is 9.56. The zero-order valence-corrected chi connectivity index (χ0v) is 19.9. The Kier molecular flexibility index (Phi) is 6.46. The van der Waals surface area contributed by atoms with E-state index in [9.17, 15) is 18.7 Å². The van der Waals surface area contributed by atoms with Crippen LogP contribution < -0.4 is 10.2 Å². The van der Waals surface area contributed by atoms with Gasteiger partial charge in [0.25, 0.3) is 5.91 Å². The van der Waals surface area contributed by atoms with Crippen LogP contribution in [0.5, 0.6) is 0 Å². The second-order valence-electron chi connectivity index (χ2n) is 8.71. The Balaban J connectivity index is 1.41. The van der Waals surface area contributed by atoms with Crippen LogP contribution in [0.2, 0.25) is 0 Å². The van der Waals surface area contributed by atoms with Crippen molar-refractivity contribution in [2.75, 3.05) is 24.2 Å². The Bertz CT molecular complexity index is 1320. The van der Waals surface area contributed by atoms with Crippen LogP contribution in [0, 0.1) is 11.7 Å². The third-order valence-corrected chi connectivity index (χ3v) is 7.16. The number of alkyl halides is 1. The Labute approximate surface area is 205 Å². The molecule has 10 heteroatoms. The minimum absolute atomic E-state index is 0.00426. The van der Waals surface area contributed by atoms with Gasteiger partial charge in [-0.2, -0.15) is 0 Å². The zero-order chi connectivity index (χ0) is 24.5. The van der Waals surface area contributed by atoms with Crippen molar-refractivity contribution in [2.45, 2.75) is 30.0 Å². The molecule has 0 bridgehead atoms. The number of carbonyl (C=O) groups is 1. The lowest BCUT2D eigenvalue weighted by Gasteiger charge is -2.27. The van der Waals surface area contributed by atoms with Gasteiger partial charge >= 0.3 is 0 Å². The number of nitrogens with one attached hydrogen (secondary N) is 1. The van der Waals surface area contributed by atoms with E-state index in [0.29, 0.717) is 24.4 Å². The van der Waals surface area contributed by atoms with Crippen molar-refractivity contribution in [1.82, 2.24) is 19.9 Å². The molecule has 7 nitrogen and oxygen atoms in total. The summed E-state index contributed by atoms with van der Waals surface area (Å²) < 4.78 is 30.1.